The molecule has 0 aliphatic carbocycles. The Morgan fingerprint density at radius 3 is 2.04 bits per heavy atom. The summed E-state index contributed by atoms with van der Waals surface area (Å²) < 4.78 is 0. The van der Waals surface area contributed by atoms with E-state index in [4.69, 9.17) is 0 Å². The van der Waals surface area contributed by atoms with Gasteiger partial charge in [-0.25, -0.2) is 0 Å². The number of nitrogens with zero attached hydrogens (tertiary/aromatic N) is 2. The maximum absolute atomic E-state index is 12.1. The van der Waals surface area contributed by atoms with Gasteiger partial charge in [0.2, 0.25) is 5.91 Å². The first kappa shape index (κ1) is 16.0. The molecule has 1 aliphatic rings. The van der Waals surface area contributed by atoms with Crippen LogP contribution in [0.4, 0.5) is 0 Å². The van der Waals surface area contributed by atoms with Crippen molar-refractivity contribution < 1.29 is 4.79 Å². The summed E-state index contributed by atoms with van der Waals surface area (Å²) in [6.07, 6.45) is 1.94. The minimum absolute atomic E-state index is 0.0637. The smallest absolute Gasteiger partial charge is 0.224 e. The van der Waals surface area contributed by atoms with Crippen LogP contribution in [0.3, 0.4) is 0 Å². The fourth-order valence-corrected chi connectivity index (χ4v) is 3.72. The Balaban J connectivity index is 2.17. The molecule has 120 valence electrons. The van der Waals surface area contributed by atoms with Crippen LogP contribution in [-0.2, 0) is 4.79 Å². The fraction of sp³-hybridized carbons (Fsp3) is 0.238. The second kappa shape index (κ2) is 6.72. The number of carbonyl (C=O) groups is 1. The first-order valence-corrected chi connectivity index (χ1v) is 8.15. The average Bonchev–Trinajstić information content (AvgIpc) is 2.61. The predicted octanol–water partition coefficient (Wildman–Crippen LogP) is 4.21. The summed E-state index contributed by atoms with van der Waals surface area (Å²) in [7, 11) is 0. The van der Waals surface area contributed by atoms with Crippen molar-refractivity contribution in [3.05, 3.63) is 83.6 Å². The molecule has 3 heteroatoms. The van der Waals surface area contributed by atoms with Crippen LogP contribution >= 0.6 is 0 Å². The Bertz CT molecular complexity index is 790. The molecule has 0 bridgehead atoms. The van der Waals surface area contributed by atoms with E-state index in [2.05, 4.69) is 30.3 Å². The Morgan fingerprint density at radius 2 is 1.54 bits per heavy atom. The van der Waals surface area contributed by atoms with Crippen LogP contribution in [0.5, 0.6) is 0 Å². The van der Waals surface area contributed by atoms with Crippen molar-refractivity contribution in [3.8, 4) is 6.07 Å². The molecule has 0 saturated carbocycles. The van der Waals surface area contributed by atoms with Crippen LogP contribution in [0.15, 0.2) is 72.4 Å². The average molecular weight is 316 g/mol. The van der Waals surface area contributed by atoms with E-state index in [-0.39, 0.29) is 23.8 Å². The van der Waals surface area contributed by atoms with Crippen LogP contribution < -0.4 is 0 Å². The van der Waals surface area contributed by atoms with Crippen molar-refractivity contribution in [2.24, 2.45) is 0 Å². The summed E-state index contributed by atoms with van der Waals surface area (Å²) in [5.41, 5.74) is 2.78. The van der Waals surface area contributed by atoms with E-state index in [1.54, 1.807) is 4.90 Å². The normalized spacial score (nSPS) is 23.3. The lowest BCUT2D eigenvalue weighted by Gasteiger charge is -2.42. The number of hydrogen-bond donors (Lipinski definition) is 0. The van der Waals surface area contributed by atoms with Gasteiger partial charge in [-0.3, -0.25) is 4.79 Å². The molecule has 0 N–H and O–H groups in total. The first-order chi connectivity index (χ1) is 11.6. The summed E-state index contributed by atoms with van der Waals surface area (Å²) in [6.45, 7) is 3.55. The van der Waals surface area contributed by atoms with E-state index in [0.717, 1.165) is 5.56 Å². The lowest BCUT2D eigenvalue weighted by Crippen LogP contribution is -2.44. The van der Waals surface area contributed by atoms with Crippen LogP contribution in [-0.4, -0.2) is 16.8 Å². The highest BCUT2D eigenvalue weighted by atomic mass is 16.2. The van der Waals surface area contributed by atoms with E-state index >= 15 is 0 Å². The molecule has 0 saturated heterocycles. The number of allylic oxidation sites excluding steroid dienone is 2. The quantitative estimate of drug-likeness (QED) is 0.833. The molecule has 24 heavy (non-hydrogen) atoms. The van der Waals surface area contributed by atoms with Crippen molar-refractivity contribution in [1.29, 1.82) is 5.26 Å². The number of rotatable bonds is 2. The van der Waals surface area contributed by atoms with Gasteiger partial charge in [0.1, 0.15) is 11.8 Å². The van der Waals surface area contributed by atoms with Gasteiger partial charge >= 0.3 is 0 Å². The molecule has 1 aliphatic heterocycles. The van der Waals surface area contributed by atoms with Crippen molar-refractivity contribution in [2.45, 2.75) is 31.7 Å². The van der Waals surface area contributed by atoms with Gasteiger partial charge in [0, 0.05) is 24.8 Å². The molecular weight excluding hydrogens is 296 g/mol. The van der Waals surface area contributed by atoms with Gasteiger partial charge in [0.05, 0.1) is 0 Å². The molecule has 3 nitrogen and oxygen atoms in total. The Labute approximate surface area is 142 Å². The third kappa shape index (κ3) is 2.83. The van der Waals surface area contributed by atoms with Crippen LogP contribution in [0, 0.1) is 11.3 Å². The Kier molecular flexibility index (Phi) is 4.48. The SMILES string of the molecule is CC(=O)N1C(C#N)=C[C@@H](c2ccccc2)[C@@H](c2ccccc2)[C@@H]1C. The minimum Gasteiger partial charge on any atom is -0.300 e. The monoisotopic (exact) mass is 316 g/mol. The highest BCUT2D eigenvalue weighted by Crippen LogP contribution is 2.43. The van der Waals surface area contributed by atoms with Crippen molar-refractivity contribution in [1.82, 2.24) is 4.90 Å². The van der Waals surface area contributed by atoms with E-state index in [1.165, 1.54) is 12.5 Å². The number of benzene rings is 2. The molecule has 0 unspecified atom stereocenters. The molecule has 2 aromatic rings. The van der Waals surface area contributed by atoms with Crippen LogP contribution in [0.1, 0.15) is 36.8 Å². The van der Waals surface area contributed by atoms with Crippen LogP contribution in [0.2, 0.25) is 0 Å². The maximum atomic E-state index is 12.1. The largest absolute Gasteiger partial charge is 0.300 e. The second-order valence-electron chi connectivity index (χ2n) is 6.17. The molecule has 0 fully saturated rings. The minimum atomic E-state index is -0.0947. The topological polar surface area (TPSA) is 44.1 Å². The molecule has 1 heterocycles. The molecule has 2 aromatic carbocycles. The fourth-order valence-electron chi connectivity index (χ4n) is 3.72. The van der Waals surface area contributed by atoms with Gasteiger partial charge in [-0.15, -0.1) is 0 Å². The zero-order valence-electron chi connectivity index (χ0n) is 13.9. The zero-order valence-corrected chi connectivity index (χ0v) is 13.9. The molecule has 1 amide bonds. The molecule has 0 spiro atoms. The summed E-state index contributed by atoms with van der Waals surface area (Å²) in [6, 6.07) is 22.5. The van der Waals surface area contributed by atoms with E-state index in [0.29, 0.717) is 5.70 Å². The van der Waals surface area contributed by atoms with Crippen LogP contribution in [0.25, 0.3) is 0 Å². The highest BCUT2D eigenvalue weighted by molar-refractivity contribution is 5.77. The summed E-state index contributed by atoms with van der Waals surface area (Å²) in [4.78, 5) is 13.8. The van der Waals surface area contributed by atoms with E-state index < -0.39 is 0 Å². The van der Waals surface area contributed by atoms with Gasteiger partial charge in [0.15, 0.2) is 0 Å². The lowest BCUT2D eigenvalue weighted by molar-refractivity contribution is -0.129. The number of hydrogen-bond acceptors (Lipinski definition) is 2. The van der Waals surface area contributed by atoms with Crippen molar-refractivity contribution in [3.63, 3.8) is 0 Å². The zero-order chi connectivity index (χ0) is 17.1. The van der Waals surface area contributed by atoms with Gasteiger partial charge in [-0.1, -0.05) is 60.7 Å². The number of nitriles is 1. The third-order valence-electron chi connectivity index (χ3n) is 4.73. The maximum Gasteiger partial charge on any atom is 0.224 e. The van der Waals surface area contributed by atoms with Gasteiger partial charge in [-0.2, -0.15) is 5.26 Å². The second-order valence-corrected chi connectivity index (χ2v) is 6.17. The van der Waals surface area contributed by atoms with E-state index in [9.17, 15) is 10.1 Å². The number of carbonyl (C=O) groups excluding carboxylic acids is 1. The predicted molar refractivity (Wildman–Crippen MR) is 94.0 cm³/mol. The molecular formula is C21H20N2O. The summed E-state index contributed by atoms with van der Waals surface area (Å²) in [5.74, 6) is 0.0752. The van der Waals surface area contributed by atoms with Crippen molar-refractivity contribution >= 4 is 5.91 Å². The first-order valence-electron chi connectivity index (χ1n) is 8.15. The molecule has 3 rings (SSSR count). The number of amides is 1. The standard InChI is InChI=1S/C21H20N2O/c1-15-21(18-11-7-4-8-12-18)20(17-9-5-3-6-10-17)13-19(14-22)23(15)16(2)24/h3-13,15,20-21H,1-2H3/t15-,20-,21+/m0/s1. The third-order valence-corrected chi connectivity index (χ3v) is 4.73. The Morgan fingerprint density at radius 1 is 1.00 bits per heavy atom. The highest BCUT2D eigenvalue weighted by Gasteiger charge is 2.38. The van der Waals surface area contributed by atoms with E-state index in [1.807, 2.05) is 49.4 Å². The Hall–Kier alpha value is -2.86. The van der Waals surface area contributed by atoms with Gasteiger partial charge in [-0.05, 0) is 24.1 Å². The molecule has 0 aromatic heterocycles. The summed E-state index contributed by atoms with van der Waals surface area (Å²) in [5, 5.41) is 9.54. The molecule has 0 radical (unpaired) electrons. The summed E-state index contributed by atoms with van der Waals surface area (Å²) >= 11 is 0. The molecule has 3 atom stereocenters. The van der Waals surface area contributed by atoms with Gasteiger partial charge < -0.3 is 4.90 Å². The lowest BCUT2D eigenvalue weighted by atomic mass is 9.74. The van der Waals surface area contributed by atoms with Gasteiger partial charge in [0.25, 0.3) is 0 Å². The van der Waals surface area contributed by atoms with Crippen molar-refractivity contribution in [2.75, 3.05) is 0 Å².